The molecule has 0 atom stereocenters. The molecule has 0 aliphatic rings. The Hall–Kier alpha value is -2.22. The highest BCUT2D eigenvalue weighted by Crippen LogP contribution is 2.10. The highest BCUT2D eigenvalue weighted by molar-refractivity contribution is 5.75. The molecule has 0 heterocycles. The van der Waals surface area contributed by atoms with Gasteiger partial charge in [-0.1, -0.05) is 48.5 Å². The van der Waals surface area contributed by atoms with Gasteiger partial charge in [-0.05, 0) is 30.4 Å². The van der Waals surface area contributed by atoms with Crippen LogP contribution in [0.15, 0.2) is 48.5 Å². The first-order valence-electron chi connectivity index (χ1n) is 6.40. The van der Waals surface area contributed by atoms with E-state index >= 15 is 0 Å². The maximum atomic E-state index is 10.5. The molecule has 0 saturated heterocycles. The SMILES string of the molecule is O=Cc1ccc(CCCc2ccc(C=O)cc2)cc1. The van der Waals surface area contributed by atoms with E-state index in [0.717, 1.165) is 31.8 Å². The molecule has 2 aromatic rings. The molecule has 96 valence electrons. The Morgan fingerprint density at radius 2 is 1.00 bits per heavy atom. The summed E-state index contributed by atoms with van der Waals surface area (Å²) in [5.41, 5.74) is 3.92. The van der Waals surface area contributed by atoms with Crippen molar-refractivity contribution in [3.8, 4) is 0 Å². The molecule has 0 aromatic heterocycles. The molecule has 0 bridgehead atoms. The fourth-order valence-electron chi connectivity index (χ4n) is 2.02. The first-order chi connectivity index (χ1) is 9.31. The summed E-state index contributed by atoms with van der Waals surface area (Å²) in [6.45, 7) is 0. The van der Waals surface area contributed by atoms with E-state index in [2.05, 4.69) is 0 Å². The molecule has 2 nitrogen and oxygen atoms in total. The van der Waals surface area contributed by atoms with Crippen LogP contribution in [0.5, 0.6) is 0 Å². The Morgan fingerprint density at radius 1 is 0.632 bits per heavy atom. The maximum absolute atomic E-state index is 10.5. The summed E-state index contributed by atoms with van der Waals surface area (Å²) in [6.07, 6.45) is 4.76. The lowest BCUT2D eigenvalue weighted by Gasteiger charge is -2.03. The third-order valence-electron chi connectivity index (χ3n) is 3.16. The largest absolute Gasteiger partial charge is 0.298 e. The van der Waals surface area contributed by atoms with E-state index < -0.39 is 0 Å². The van der Waals surface area contributed by atoms with Crippen LogP contribution in [0.2, 0.25) is 0 Å². The quantitative estimate of drug-likeness (QED) is 0.737. The van der Waals surface area contributed by atoms with E-state index in [1.165, 1.54) is 11.1 Å². The normalized spacial score (nSPS) is 10.1. The Morgan fingerprint density at radius 3 is 1.32 bits per heavy atom. The van der Waals surface area contributed by atoms with E-state index in [4.69, 9.17) is 0 Å². The van der Waals surface area contributed by atoms with E-state index in [9.17, 15) is 9.59 Å². The third-order valence-corrected chi connectivity index (χ3v) is 3.16. The minimum absolute atomic E-state index is 0.716. The number of rotatable bonds is 6. The topological polar surface area (TPSA) is 34.1 Å². The minimum atomic E-state index is 0.716. The molecule has 0 aliphatic carbocycles. The molecule has 0 amide bonds. The summed E-state index contributed by atoms with van der Waals surface area (Å²) in [5, 5.41) is 0. The van der Waals surface area contributed by atoms with Crippen molar-refractivity contribution < 1.29 is 9.59 Å². The molecule has 19 heavy (non-hydrogen) atoms. The zero-order chi connectivity index (χ0) is 13.5. The van der Waals surface area contributed by atoms with Gasteiger partial charge in [-0.25, -0.2) is 0 Å². The molecule has 0 saturated carbocycles. The van der Waals surface area contributed by atoms with E-state index in [-0.39, 0.29) is 0 Å². The van der Waals surface area contributed by atoms with Gasteiger partial charge in [-0.15, -0.1) is 0 Å². The lowest BCUT2D eigenvalue weighted by Crippen LogP contribution is -1.91. The van der Waals surface area contributed by atoms with Gasteiger partial charge in [0.15, 0.2) is 0 Å². The van der Waals surface area contributed by atoms with Gasteiger partial charge in [0.2, 0.25) is 0 Å². The Kier molecular flexibility index (Phi) is 4.62. The van der Waals surface area contributed by atoms with Gasteiger partial charge in [-0.2, -0.15) is 0 Å². The fraction of sp³-hybridized carbons (Fsp3) is 0.176. The van der Waals surface area contributed by atoms with Crippen LogP contribution in [-0.2, 0) is 12.8 Å². The Bertz CT molecular complexity index is 487. The van der Waals surface area contributed by atoms with Gasteiger partial charge in [0.05, 0.1) is 0 Å². The number of carbonyl (C=O) groups excluding carboxylic acids is 2. The summed E-state index contributed by atoms with van der Waals surface area (Å²) in [7, 11) is 0. The second-order valence-electron chi connectivity index (χ2n) is 4.57. The summed E-state index contributed by atoms with van der Waals surface area (Å²) < 4.78 is 0. The lowest BCUT2D eigenvalue weighted by atomic mass is 10.0. The molecule has 0 radical (unpaired) electrons. The van der Waals surface area contributed by atoms with Gasteiger partial charge in [0, 0.05) is 11.1 Å². The molecule has 2 rings (SSSR count). The van der Waals surface area contributed by atoms with Crippen molar-refractivity contribution in [1.82, 2.24) is 0 Å². The van der Waals surface area contributed by atoms with E-state index in [1.54, 1.807) is 0 Å². The van der Waals surface area contributed by atoms with Crippen LogP contribution in [-0.4, -0.2) is 12.6 Å². The Labute approximate surface area is 113 Å². The first-order valence-corrected chi connectivity index (χ1v) is 6.40. The number of aldehydes is 2. The van der Waals surface area contributed by atoms with Gasteiger partial charge in [-0.3, -0.25) is 9.59 Å². The van der Waals surface area contributed by atoms with E-state index in [0.29, 0.717) is 11.1 Å². The van der Waals surface area contributed by atoms with Crippen molar-refractivity contribution >= 4 is 12.6 Å². The van der Waals surface area contributed by atoms with Crippen LogP contribution in [0.1, 0.15) is 38.3 Å². The first kappa shape index (κ1) is 13.2. The van der Waals surface area contributed by atoms with Gasteiger partial charge in [0.1, 0.15) is 12.6 Å². The maximum Gasteiger partial charge on any atom is 0.150 e. The van der Waals surface area contributed by atoms with Crippen molar-refractivity contribution in [2.45, 2.75) is 19.3 Å². The predicted molar refractivity (Wildman–Crippen MR) is 75.7 cm³/mol. The summed E-state index contributed by atoms with van der Waals surface area (Å²) in [4.78, 5) is 21.1. The van der Waals surface area contributed by atoms with Crippen LogP contribution >= 0.6 is 0 Å². The summed E-state index contributed by atoms with van der Waals surface area (Å²) >= 11 is 0. The summed E-state index contributed by atoms with van der Waals surface area (Å²) in [5.74, 6) is 0. The molecular weight excluding hydrogens is 236 g/mol. The monoisotopic (exact) mass is 252 g/mol. The van der Waals surface area contributed by atoms with Gasteiger partial charge in [0.25, 0.3) is 0 Å². The molecule has 2 heteroatoms. The van der Waals surface area contributed by atoms with Gasteiger partial charge < -0.3 is 0 Å². The van der Waals surface area contributed by atoms with Crippen molar-refractivity contribution in [2.75, 3.05) is 0 Å². The molecule has 0 spiro atoms. The van der Waals surface area contributed by atoms with Crippen LogP contribution in [0.25, 0.3) is 0 Å². The smallest absolute Gasteiger partial charge is 0.150 e. The summed E-state index contributed by atoms with van der Waals surface area (Å²) in [6, 6.07) is 15.4. The third kappa shape index (κ3) is 3.88. The molecule has 0 aliphatic heterocycles. The molecule has 0 N–H and O–H groups in total. The predicted octanol–water partition coefficient (Wildman–Crippen LogP) is 3.49. The van der Waals surface area contributed by atoms with E-state index in [1.807, 2.05) is 48.5 Å². The zero-order valence-corrected chi connectivity index (χ0v) is 10.7. The van der Waals surface area contributed by atoms with Crippen molar-refractivity contribution in [2.24, 2.45) is 0 Å². The number of aryl methyl sites for hydroxylation is 2. The van der Waals surface area contributed by atoms with Gasteiger partial charge >= 0.3 is 0 Å². The number of hydrogen-bond donors (Lipinski definition) is 0. The van der Waals surface area contributed by atoms with Crippen molar-refractivity contribution in [3.63, 3.8) is 0 Å². The standard InChI is InChI=1S/C17H16O2/c18-12-16-8-4-14(5-9-16)2-1-3-15-6-10-17(13-19)11-7-15/h4-13H,1-3H2. The van der Waals surface area contributed by atoms with Crippen LogP contribution in [0.4, 0.5) is 0 Å². The fourth-order valence-corrected chi connectivity index (χ4v) is 2.02. The lowest BCUT2D eigenvalue weighted by molar-refractivity contribution is 0.111. The van der Waals surface area contributed by atoms with Crippen LogP contribution in [0.3, 0.4) is 0 Å². The molecule has 0 unspecified atom stereocenters. The van der Waals surface area contributed by atoms with Crippen LogP contribution in [0, 0.1) is 0 Å². The second-order valence-corrected chi connectivity index (χ2v) is 4.57. The molecule has 0 fully saturated rings. The number of hydrogen-bond acceptors (Lipinski definition) is 2. The highest BCUT2D eigenvalue weighted by atomic mass is 16.1. The second kappa shape index (κ2) is 6.64. The molecular formula is C17H16O2. The highest BCUT2D eigenvalue weighted by Gasteiger charge is 1.97. The van der Waals surface area contributed by atoms with Crippen LogP contribution < -0.4 is 0 Å². The average molecular weight is 252 g/mol. The zero-order valence-electron chi connectivity index (χ0n) is 10.7. The minimum Gasteiger partial charge on any atom is -0.298 e. The average Bonchev–Trinajstić information content (AvgIpc) is 2.49. The molecule has 2 aromatic carbocycles. The number of carbonyl (C=O) groups is 2. The van der Waals surface area contributed by atoms with Crippen molar-refractivity contribution in [3.05, 3.63) is 70.8 Å². The van der Waals surface area contributed by atoms with Crippen molar-refractivity contribution in [1.29, 1.82) is 0 Å². The number of benzene rings is 2. The Balaban J connectivity index is 1.84.